The third kappa shape index (κ3) is 2.75. The summed E-state index contributed by atoms with van der Waals surface area (Å²) in [6.07, 6.45) is 4.91. The fraction of sp³-hybridized carbons (Fsp3) is 0.667. The molecule has 0 saturated heterocycles. The Kier molecular flexibility index (Phi) is 4.30. The Morgan fingerprint density at radius 3 is 3.00 bits per heavy atom. The van der Waals surface area contributed by atoms with Gasteiger partial charge in [-0.05, 0) is 32.0 Å². The maximum absolute atomic E-state index is 9.29. The third-order valence-corrected chi connectivity index (χ3v) is 4.94. The van der Waals surface area contributed by atoms with E-state index in [0.29, 0.717) is 16.3 Å². The van der Waals surface area contributed by atoms with E-state index in [1.807, 2.05) is 6.92 Å². The third-order valence-electron chi connectivity index (χ3n) is 3.27. The minimum atomic E-state index is 0.450. The fourth-order valence-corrected chi connectivity index (χ4v) is 4.31. The summed E-state index contributed by atoms with van der Waals surface area (Å²) in [6.45, 7) is 2.81. The standard InChI is InChI=1S/C12H17N3S2/c1-2-14-12(16)15-11-9(7-13)8-5-3-4-6-10(8)17-11/h8,10H,2-6H2,1H3,(H2,14,15,16)/t8-,10-/m1/s1. The molecule has 5 heteroatoms. The number of nitriles is 1. The Balaban J connectivity index is 2.09. The zero-order valence-electron chi connectivity index (χ0n) is 9.95. The molecule has 92 valence electrons. The molecule has 0 aromatic heterocycles. The molecule has 0 unspecified atom stereocenters. The average molecular weight is 267 g/mol. The van der Waals surface area contributed by atoms with Gasteiger partial charge in [-0.1, -0.05) is 12.8 Å². The van der Waals surface area contributed by atoms with Crippen LogP contribution in [0.1, 0.15) is 32.6 Å². The van der Waals surface area contributed by atoms with Gasteiger partial charge in [0.25, 0.3) is 0 Å². The highest BCUT2D eigenvalue weighted by molar-refractivity contribution is 8.04. The van der Waals surface area contributed by atoms with Crippen LogP contribution in [0.4, 0.5) is 0 Å². The van der Waals surface area contributed by atoms with E-state index < -0.39 is 0 Å². The molecule has 0 radical (unpaired) electrons. The Labute approximate surface area is 112 Å². The van der Waals surface area contributed by atoms with E-state index >= 15 is 0 Å². The topological polar surface area (TPSA) is 47.8 Å². The zero-order valence-corrected chi connectivity index (χ0v) is 11.6. The van der Waals surface area contributed by atoms with Crippen molar-refractivity contribution in [3.05, 3.63) is 10.6 Å². The number of hydrogen-bond donors (Lipinski definition) is 2. The molecule has 0 aromatic carbocycles. The number of rotatable bonds is 2. The van der Waals surface area contributed by atoms with Gasteiger partial charge in [-0.15, -0.1) is 11.8 Å². The lowest BCUT2D eigenvalue weighted by Crippen LogP contribution is -2.33. The summed E-state index contributed by atoms with van der Waals surface area (Å²) in [5.74, 6) is 0.450. The van der Waals surface area contributed by atoms with Crippen molar-refractivity contribution in [2.45, 2.75) is 37.9 Å². The van der Waals surface area contributed by atoms with E-state index in [-0.39, 0.29) is 0 Å². The highest BCUT2D eigenvalue weighted by Gasteiger charge is 2.37. The first-order valence-corrected chi connectivity index (χ1v) is 7.40. The summed E-state index contributed by atoms with van der Waals surface area (Å²) in [6, 6.07) is 2.37. The number of nitrogens with zero attached hydrogens (tertiary/aromatic N) is 1. The van der Waals surface area contributed by atoms with E-state index in [1.54, 1.807) is 11.8 Å². The summed E-state index contributed by atoms with van der Waals surface area (Å²) in [7, 11) is 0. The Hall–Kier alpha value is -0.730. The molecule has 0 spiro atoms. The Bertz CT molecular complexity index is 384. The second kappa shape index (κ2) is 5.74. The molecule has 1 aliphatic heterocycles. The quantitative estimate of drug-likeness (QED) is 0.753. The molecule has 2 rings (SSSR count). The highest BCUT2D eigenvalue weighted by Crippen LogP contribution is 2.47. The predicted octanol–water partition coefficient (Wildman–Crippen LogP) is 2.51. The smallest absolute Gasteiger partial charge is 0.171 e. The molecule has 2 atom stereocenters. The lowest BCUT2D eigenvalue weighted by Gasteiger charge is -2.24. The van der Waals surface area contributed by atoms with Crippen LogP contribution in [-0.2, 0) is 0 Å². The van der Waals surface area contributed by atoms with Crippen LogP contribution in [0.3, 0.4) is 0 Å². The first kappa shape index (κ1) is 12.7. The van der Waals surface area contributed by atoms with Crippen molar-refractivity contribution < 1.29 is 0 Å². The molecule has 2 N–H and O–H groups in total. The molecule has 1 heterocycles. The van der Waals surface area contributed by atoms with Gasteiger partial charge in [-0.2, -0.15) is 5.26 Å². The van der Waals surface area contributed by atoms with Gasteiger partial charge in [0.2, 0.25) is 0 Å². The molecule has 0 bridgehead atoms. The van der Waals surface area contributed by atoms with Crippen molar-refractivity contribution >= 4 is 29.1 Å². The second-order valence-electron chi connectivity index (χ2n) is 4.39. The lowest BCUT2D eigenvalue weighted by atomic mass is 9.84. The summed E-state index contributed by atoms with van der Waals surface area (Å²) in [4.78, 5) is 0. The van der Waals surface area contributed by atoms with Crippen LogP contribution in [-0.4, -0.2) is 16.9 Å². The number of thiocarbonyl (C=S) groups is 1. The number of hydrogen-bond acceptors (Lipinski definition) is 3. The predicted molar refractivity (Wildman–Crippen MR) is 75.4 cm³/mol. The summed E-state index contributed by atoms with van der Waals surface area (Å²) in [5.41, 5.74) is 0.917. The molecule has 3 nitrogen and oxygen atoms in total. The van der Waals surface area contributed by atoms with E-state index in [9.17, 15) is 5.26 Å². The number of thioether (sulfide) groups is 1. The Morgan fingerprint density at radius 2 is 2.29 bits per heavy atom. The van der Waals surface area contributed by atoms with Crippen LogP contribution in [0.15, 0.2) is 10.6 Å². The SMILES string of the molecule is CCNC(=S)NC1=C(C#N)[C@H]2CCCC[C@H]2S1. The minimum Gasteiger partial charge on any atom is -0.363 e. The van der Waals surface area contributed by atoms with Crippen molar-refractivity contribution in [2.24, 2.45) is 5.92 Å². The fourth-order valence-electron chi connectivity index (χ4n) is 2.49. The van der Waals surface area contributed by atoms with Crippen molar-refractivity contribution in [3.63, 3.8) is 0 Å². The molecule has 1 fully saturated rings. The van der Waals surface area contributed by atoms with E-state index in [2.05, 4.69) is 16.7 Å². The van der Waals surface area contributed by atoms with Gasteiger partial charge in [0.1, 0.15) is 0 Å². The first-order chi connectivity index (χ1) is 8.26. The van der Waals surface area contributed by atoms with Crippen LogP contribution in [0.25, 0.3) is 0 Å². The minimum absolute atomic E-state index is 0.450. The highest BCUT2D eigenvalue weighted by atomic mass is 32.2. The van der Waals surface area contributed by atoms with Crippen LogP contribution < -0.4 is 10.6 Å². The zero-order chi connectivity index (χ0) is 12.3. The molecule has 2 aliphatic rings. The van der Waals surface area contributed by atoms with Crippen molar-refractivity contribution in [3.8, 4) is 6.07 Å². The Morgan fingerprint density at radius 1 is 1.53 bits per heavy atom. The number of fused-ring (bicyclic) bond motifs is 1. The molecule has 1 saturated carbocycles. The van der Waals surface area contributed by atoms with E-state index in [4.69, 9.17) is 12.2 Å². The van der Waals surface area contributed by atoms with Crippen LogP contribution in [0.2, 0.25) is 0 Å². The van der Waals surface area contributed by atoms with Gasteiger partial charge < -0.3 is 10.6 Å². The van der Waals surface area contributed by atoms with Crippen molar-refractivity contribution in [1.29, 1.82) is 5.26 Å². The van der Waals surface area contributed by atoms with Gasteiger partial charge in [-0.25, -0.2) is 0 Å². The molecule has 1 aliphatic carbocycles. The first-order valence-electron chi connectivity index (χ1n) is 6.12. The maximum atomic E-state index is 9.29. The molecular formula is C12H17N3S2. The molecule has 17 heavy (non-hydrogen) atoms. The number of allylic oxidation sites excluding steroid dienone is 1. The lowest BCUT2D eigenvalue weighted by molar-refractivity contribution is 0.427. The van der Waals surface area contributed by atoms with Gasteiger partial charge in [0.15, 0.2) is 5.11 Å². The van der Waals surface area contributed by atoms with E-state index in [1.165, 1.54) is 19.3 Å². The van der Waals surface area contributed by atoms with Crippen molar-refractivity contribution in [1.82, 2.24) is 10.6 Å². The molecule has 0 amide bonds. The van der Waals surface area contributed by atoms with Gasteiger partial charge in [0, 0.05) is 17.7 Å². The van der Waals surface area contributed by atoms with Crippen molar-refractivity contribution in [2.75, 3.05) is 6.54 Å². The second-order valence-corrected chi connectivity index (χ2v) is 6.04. The van der Waals surface area contributed by atoms with Crippen LogP contribution >= 0.6 is 24.0 Å². The monoisotopic (exact) mass is 267 g/mol. The summed E-state index contributed by atoms with van der Waals surface area (Å²) in [5, 5.41) is 17.7. The number of nitrogens with one attached hydrogen (secondary N) is 2. The normalized spacial score (nSPS) is 27.3. The maximum Gasteiger partial charge on any atom is 0.171 e. The summed E-state index contributed by atoms with van der Waals surface area (Å²) >= 11 is 6.98. The van der Waals surface area contributed by atoms with Gasteiger partial charge in [0.05, 0.1) is 16.7 Å². The van der Waals surface area contributed by atoms with Crippen LogP contribution in [0, 0.1) is 17.2 Å². The van der Waals surface area contributed by atoms with Crippen LogP contribution in [0.5, 0.6) is 0 Å². The summed E-state index contributed by atoms with van der Waals surface area (Å²) < 4.78 is 0. The largest absolute Gasteiger partial charge is 0.363 e. The van der Waals surface area contributed by atoms with Gasteiger partial charge >= 0.3 is 0 Å². The average Bonchev–Trinajstić information content (AvgIpc) is 2.66. The molecule has 0 aromatic rings. The van der Waals surface area contributed by atoms with Gasteiger partial charge in [-0.3, -0.25) is 0 Å². The van der Waals surface area contributed by atoms with E-state index in [0.717, 1.165) is 23.6 Å². The molecular weight excluding hydrogens is 250 g/mol.